The summed E-state index contributed by atoms with van der Waals surface area (Å²) in [6, 6.07) is 12.5. The molecule has 0 amide bonds. The summed E-state index contributed by atoms with van der Waals surface area (Å²) in [5.74, 6) is 1.24. The van der Waals surface area contributed by atoms with Crippen LogP contribution in [0.4, 0.5) is 0 Å². The van der Waals surface area contributed by atoms with Crippen molar-refractivity contribution in [2.45, 2.75) is 6.42 Å². The van der Waals surface area contributed by atoms with Gasteiger partial charge in [-0.3, -0.25) is 4.79 Å². The maximum atomic E-state index is 12.1. The molecule has 0 spiro atoms. The van der Waals surface area contributed by atoms with E-state index in [0.717, 1.165) is 10.6 Å². The first kappa shape index (κ1) is 15.9. The third kappa shape index (κ3) is 3.60. The number of benzene rings is 2. The Hall–Kier alpha value is -2.57. The first-order valence-corrected chi connectivity index (χ1v) is 8.74. The van der Waals surface area contributed by atoms with Gasteiger partial charge in [0.2, 0.25) is 6.79 Å². The fourth-order valence-electron chi connectivity index (χ4n) is 2.40. The Bertz CT molecular complexity index is 940. The van der Waals surface area contributed by atoms with Gasteiger partial charge in [0.05, 0.1) is 12.1 Å². The minimum Gasteiger partial charge on any atom is -0.454 e. The molecule has 1 aliphatic rings. The zero-order valence-corrected chi connectivity index (χ0v) is 14.5. The number of thiazole rings is 1. The average Bonchev–Trinajstić information content (AvgIpc) is 3.23. The normalized spacial score (nSPS) is 12.2. The number of esters is 1. The first-order chi connectivity index (χ1) is 12.2. The van der Waals surface area contributed by atoms with Crippen molar-refractivity contribution in [1.29, 1.82) is 0 Å². The molecule has 1 aromatic heterocycles. The summed E-state index contributed by atoms with van der Waals surface area (Å²) < 4.78 is 15.8. The summed E-state index contributed by atoms with van der Waals surface area (Å²) >= 11 is 7.46. The van der Waals surface area contributed by atoms with Crippen molar-refractivity contribution in [3.63, 3.8) is 0 Å². The molecule has 0 unspecified atom stereocenters. The van der Waals surface area contributed by atoms with Crippen LogP contribution in [-0.2, 0) is 11.2 Å². The lowest BCUT2D eigenvalue weighted by Crippen LogP contribution is -2.11. The van der Waals surface area contributed by atoms with Crippen LogP contribution in [0.3, 0.4) is 0 Å². The average molecular weight is 374 g/mol. The van der Waals surface area contributed by atoms with Gasteiger partial charge in [-0.2, -0.15) is 0 Å². The third-order valence-corrected chi connectivity index (χ3v) is 4.70. The fraction of sp³-hybridized carbons (Fsp3) is 0.111. The van der Waals surface area contributed by atoms with Gasteiger partial charge in [0.25, 0.3) is 0 Å². The molecule has 0 saturated heterocycles. The molecule has 1 aliphatic heterocycles. The van der Waals surface area contributed by atoms with Gasteiger partial charge >= 0.3 is 5.97 Å². The summed E-state index contributed by atoms with van der Waals surface area (Å²) in [6.07, 6.45) is 0.0888. The maximum absolute atomic E-state index is 12.1. The fourth-order valence-corrected chi connectivity index (χ4v) is 3.41. The van der Waals surface area contributed by atoms with Gasteiger partial charge in [-0.1, -0.05) is 23.7 Å². The van der Waals surface area contributed by atoms with Gasteiger partial charge in [0.1, 0.15) is 10.8 Å². The Morgan fingerprint density at radius 2 is 2.08 bits per heavy atom. The van der Waals surface area contributed by atoms with Gasteiger partial charge < -0.3 is 14.2 Å². The van der Waals surface area contributed by atoms with E-state index in [4.69, 9.17) is 25.8 Å². The highest BCUT2D eigenvalue weighted by atomic mass is 35.5. The number of nitrogens with zero attached hydrogens (tertiary/aromatic N) is 1. The van der Waals surface area contributed by atoms with Crippen molar-refractivity contribution < 1.29 is 19.0 Å². The van der Waals surface area contributed by atoms with Crippen LogP contribution >= 0.6 is 22.9 Å². The molecular formula is C18H12ClNO4S. The van der Waals surface area contributed by atoms with Crippen molar-refractivity contribution in [3.05, 3.63) is 58.6 Å². The number of aromatic nitrogens is 1. The molecule has 0 N–H and O–H groups in total. The Morgan fingerprint density at radius 3 is 2.96 bits per heavy atom. The van der Waals surface area contributed by atoms with E-state index in [1.807, 2.05) is 29.6 Å². The molecule has 25 heavy (non-hydrogen) atoms. The number of halogens is 1. The number of carbonyl (C=O) groups is 1. The minimum absolute atomic E-state index is 0.0888. The van der Waals surface area contributed by atoms with Crippen LogP contribution in [0.1, 0.15) is 5.69 Å². The van der Waals surface area contributed by atoms with Gasteiger partial charge in [-0.25, -0.2) is 4.98 Å². The van der Waals surface area contributed by atoms with E-state index in [9.17, 15) is 4.79 Å². The van der Waals surface area contributed by atoms with Crippen LogP contribution in [0.15, 0.2) is 47.8 Å². The molecular weight excluding hydrogens is 362 g/mol. The second-order valence-electron chi connectivity index (χ2n) is 5.32. The van der Waals surface area contributed by atoms with E-state index in [1.165, 1.54) is 11.3 Å². The van der Waals surface area contributed by atoms with E-state index in [0.29, 0.717) is 28.0 Å². The lowest BCUT2D eigenvalue weighted by Gasteiger charge is -2.04. The number of hydrogen-bond donors (Lipinski definition) is 0. The van der Waals surface area contributed by atoms with Crippen LogP contribution < -0.4 is 14.2 Å². The molecule has 7 heteroatoms. The molecule has 0 atom stereocenters. The topological polar surface area (TPSA) is 57.7 Å². The number of carbonyl (C=O) groups excluding carboxylic acids is 1. The van der Waals surface area contributed by atoms with Gasteiger partial charge in [0.15, 0.2) is 11.5 Å². The number of ether oxygens (including phenoxy) is 3. The zero-order chi connectivity index (χ0) is 17.2. The molecule has 5 nitrogen and oxygen atoms in total. The molecule has 0 radical (unpaired) electrons. The Balaban J connectivity index is 1.43. The van der Waals surface area contributed by atoms with Crippen LogP contribution in [0.2, 0.25) is 5.02 Å². The van der Waals surface area contributed by atoms with Crippen LogP contribution in [-0.4, -0.2) is 17.7 Å². The largest absolute Gasteiger partial charge is 0.454 e. The molecule has 2 heterocycles. The summed E-state index contributed by atoms with van der Waals surface area (Å²) in [5, 5.41) is 3.31. The molecule has 3 aromatic rings. The molecule has 0 aliphatic carbocycles. The monoisotopic (exact) mass is 373 g/mol. The van der Waals surface area contributed by atoms with E-state index >= 15 is 0 Å². The van der Waals surface area contributed by atoms with Crippen LogP contribution in [0.5, 0.6) is 17.2 Å². The predicted molar refractivity (Wildman–Crippen MR) is 94.5 cm³/mol. The van der Waals surface area contributed by atoms with Crippen molar-refractivity contribution in [1.82, 2.24) is 4.98 Å². The second kappa shape index (κ2) is 6.74. The summed E-state index contributed by atoms with van der Waals surface area (Å²) in [7, 11) is 0. The molecule has 0 fully saturated rings. The smallest absolute Gasteiger partial charge is 0.317 e. The lowest BCUT2D eigenvalue weighted by atomic mass is 10.2. The standard InChI is InChI=1S/C18H12ClNO4S/c19-12-3-1-2-11(6-12)18-20-13(9-25-18)7-17(21)24-14-4-5-15-16(8-14)23-10-22-15/h1-6,8-9H,7,10H2. The highest BCUT2D eigenvalue weighted by Crippen LogP contribution is 2.35. The molecule has 0 saturated carbocycles. The maximum Gasteiger partial charge on any atom is 0.317 e. The van der Waals surface area contributed by atoms with Crippen molar-refractivity contribution >= 4 is 28.9 Å². The zero-order valence-electron chi connectivity index (χ0n) is 12.9. The molecule has 126 valence electrons. The minimum atomic E-state index is -0.387. The summed E-state index contributed by atoms with van der Waals surface area (Å²) in [6.45, 7) is 0.178. The van der Waals surface area contributed by atoms with Gasteiger partial charge in [-0.15, -0.1) is 11.3 Å². The SMILES string of the molecule is O=C(Cc1csc(-c2cccc(Cl)c2)n1)Oc1ccc2c(c1)OCO2. The third-order valence-electron chi connectivity index (χ3n) is 3.52. The number of fused-ring (bicyclic) bond motifs is 1. The van der Waals surface area contributed by atoms with E-state index < -0.39 is 0 Å². The molecule has 0 bridgehead atoms. The Kier molecular flexibility index (Phi) is 4.29. The molecule has 4 rings (SSSR count). The Morgan fingerprint density at radius 1 is 1.20 bits per heavy atom. The quantitative estimate of drug-likeness (QED) is 0.503. The highest BCUT2D eigenvalue weighted by Gasteiger charge is 2.16. The lowest BCUT2D eigenvalue weighted by molar-refractivity contribution is -0.133. The van der Waals surface area contributed by atoms with Crippen molar-refractivity contribution in [2.24, 2.45) is 0 Å². The summed E-state index contributed by atoms with van der Waals surface area (Å²) in [5.41, 5.74) is 1.58. The van der Waals surface area contributed by atoms with E-state index in [1.54, 1.807) is 18.2 Å². The van der Waals surface area contributed by atoms with Gasteiger partial charge in [0, 0.05) is 22.0 Å². The second-order valence-corrected chi connectivity index (χ2v) is 6.61. The predicted octanol–water partition coefficient (Wildman–Crippen LogP) is 4.34. The number of hydrogen-bond acceptors (Lipinski definition) is 6. The van der Waals surface area contributed by atoms with Crippen LogP contribution in [0.25, 0.3) is 10.6 Å². The highest BCUT2D eigenvalue weighted by molar-refractivity contribution is 7.13. The first-order valence-electron chi connectivity index (χ1n) is 7.48. The summed E-state index contributed by atoms with van der Waals surface area (Å²) in [4.78, 5) is 16.6. The van der Waals surface area contributed by atoms with Crippen molar-refractivity contribution in [3.8, 4) is 27.8 Å². The van der Waals surface area contributed by atoms with Crippen LogP contribution in [0, 0.1) is 0 Å². The van der Waals surface area contributed by atoms with E-state index in [2.05, 4.69) is 4.98 Å². The Labute approximate surface area is 152 Å². The van der Waals surface area contributed by atoms with Crippen molar-refractivity contribution in [2.75, 3.05) is 6.79 Å². The number of rotatable bonds is 4. The molecule has 2 aromatic carbocycles. The van der Waals surface area contributed by atoms with Gasteiger partial charge in [-0.05, 0) is 24.3 Å². The van der Waals surface area contributed by atoms with E-state index in [-0.39, 0.29) is 19.2 Å².